The molecule has 6 unspecified atom stereocenters. The van der Waals surface area contributed by atoms with Crippen molar-refractivity contribution in [2.45, 2.75) is 100 Å². The van der Waals surface area contributed by atoms with Crippen LogP contribution in [0.25, 0.3) is 0 Å². The Morgan fingerprint density at radius 2 is 1.85 bits per heavy atom. The molecule has 0 radical (unpaired) electrons. The molecule has 11 nitrogen and oxygen atoms in total. The highest BCUT2D eigenvalue weighted by molar-refractivity contribution is 7.93. The van der Waals surface area contributed by atoms with Gasteiger partial charge in [0.2, 0.25) is 10.0 Å². The summed E-state index contributed by atoms with van der Waals surface area (Å²) < 4.78 is 41.7. The van der Waals surface area contributed by atoms with Gasteiger partial charge in [-0.3, -0.25) is 4.72 Å². The van der Waals surface area contributed by atoms with Crippen LogP contribution in [0.15, 0.2) is 35.9 Å². The minimum atomic E-state index is -4.21. The van der Waals surface area contributed by atoms with Gasteiger partial charge in [-0.15, -0.1) is 0 Å². The molecule has 0 amide bonds. The minimum Gasteiger partial charge on any atom is -0.478 e. The highest BCUT2D eigenvalue weighted by Gasteiger charge is 2.62. The van der Waals surface area contributed by atoms with Crippen LogP contribution in [-0.4, -0.2) is 88.1 Å². The first-order chi connectivity index (χ1) is 18.5. The summed E-state index contributed by atoms with van der Waals surface area (Å²) in [6, 6.07) is 7.03. The molecule has 1 heterocycles. The fraction of sp³-hybridized carbons (Fsp3) is 0.667. The number of ether oxygens (including phenoxy) is 2. The number of aliphatic hydroxyl groups is 4. The number of carbonyl (C=O) groups is 1. The number of anilines is 1. The van der Waals surface area contributed by atoms with E-state index in [0.29, 0.717) is 12.1 Å². The Balaban J connectivity index is 1.93. The Hall–Kier alpha value is -2.06. The van der Waals surface area contributed by atoms with Crippen LogP contribution in [0.3, 0.4) is 0 Å². The van der Waals surface area contributed by atoms with E-state index in [1.54, 1.807) is 19.1 Å². The Labute approximate surface area is 229 Å². The van der Waals surface area contributed by atoms with E-state index in [1.165, 1.54) is 0 Å². The lowest BCUT2D eigenvalue weighted by Crippen LogP contribution is -2.56. The third-order valence-corrected chi connectivity index (χ3v) is 9.41. The lowest BCUT2D eigenvalue weighted by atomic mass is 9.85. The molecule has 1 saturated heterocycles. The molecule has 1 fully saturated rings. The van der Waals surface area contributed by atoms with E-state index in [9.17, 15) is 38.7 Å². The third-order valence-electron chi connectivity index (χ3n) is 7.66. The van der Waals surface area contributed by atoms with Crippen molar-refractivity contribution in [2.24, 2.45) is 0 Å². The van der Waals surface area contributed by atoms with Gasteiger partial charge in [-0.1, -0.05) is 51.3 Å². The SMILES string of the molecule is CCCCCCc1ccccc1NS(=O)(=O)C1CCC2(C=C1C(=O)O)OC(C(O)CO)C(CC)(C(O)CO)O2. The topological polar surface area (TPSA) is 183 Å². The highest BCUT2D eigenvalue weighted by Crippen LogP contribution is 2.48. The van der Waals surface area contributed by atoms with Crippen molar-refractivity contribution in [1.29, 1.82) is 0 Å². The maximum absolute atomic E-state index is 13.5. The van der Waals surface area contributed by atoms with Crippen molar-refractivity contribution in [3.8, 4) is 0 Å². The molecule has 0 aromatic heterocycles. The number of carboxylic acids is 1. The Morgan fingerprint density at radius 3 is 2.46 bits per heavy atom. The van der Waals surface area contributed by atoms with E-state index in [-0.39, 0.29) is 19.3 Å². The lowest BCUT2D eigenvalue weighted by Gasteiger charge is -2.38. The number of unbranched alkanes of at least 4 members (excludes halogenated alkanes) is 3. The lowest BCUT2D eigenvalue weighted by molar-refractivity contribution is -0.189. The maximum Gasteiger partial charge on any atom is 0.332 e. The largest absolute Gasteiger partial charge is 0.478 e. The van der Waals surface area contributed by atoms with Gasteiger partial charge in [-0.05, 0) is 43.4 Å². The number of aryl methyl sites for hydroxylation is 1. The number of rotatable bonds is 14. The van der Waals surface area contributed by atoms with E-state index in [4.69, 9.17) is 9.47 Å². The molecule has 1 aliphatic carbocycles. The normalized spacial score (nSPS) is 28.7. The van der Waals surface area contributed by atoms with Gasteiger partial charge in [0.15, 0.2) is 5.79 Å². The number of sulfonamides is 1. The van der Waals surface area contributed by atoms with Crippen LogP contribution in [0, 0.1) is 0 Å². The number of aliphatic carboxylic acids is 1. The van der Waals surface area contributed by atoms with E-state index >= 15 is 0 Å². The standard InChI is InChI=1S/C27H41NO10S/c1-3-5-6-7-10-18-11-8-9-12-20(18)28-39(35,36)22-13-14-26(15-19(22)25(33)34)37-24(21(31)16-29)27(4-2,38-26)23(32)17-30/h8-9,11-12,15,21-24,28-32H,3-7,10,13-14,16-17H2,1-2H3,(H,33,34). The van der Waals surface area contributed by atoms with Crippen LogP contribution in [0.4, 0.5) is 5.69 Å². The van der Waals surface area contributed by atoms with E-state index in [0.717, 1.165) is 37.3 Å². The van der Waals surface area contributed by atoms with E-state index in [1.807, 2.05) is 12.1 Å². The van der Waals surface area contributed by atoms with E-state index in [2.05, 4.69) is 11.6 Å². The Bertz CT molecular complexity index is 1130. The smallest absolute Gasteiger partial charge is 0.332 e. The van der Waals surface area contributed by atoms with Gasteiger partial charge in [0.25, 0.3) is 0 Å². The molecule has 2 aliphatic rings. The van der Waals surface area contributed by atoms with Crippen molar-refractivity contribution in [3.63, 3.8) is 0 Å². The molecule has 1 aromatic carbocycles. The molecule has 0 bridgehead atoms. The number of para-hydroxylation sites is 1. The van der Waals surface area contributed by atoms with Crippen molar-refractivity contribution in [1.82, 2.24) is 0 Å². The molecule has 6 N–H and O–H groups in total. The average molecular weight is 572 g/mol. The van der Waals surface area contributed by atoms with Gasteiger partial charge < -0.3 is 35.0 Å². The summed E-state index contributed by atoms with van der Waals surface area (Å²) in [6.45, 7) is 2.26. The fourth-order valence-electron chi connectivity index (χ4n) is 5.53. The Morgan fingerprint density at radius 1 is 1.13 bits per heavy atom. The van der Waals surface area contributed by atoms with Crippen molar-refractivity contribution < 1.29 is 48.2 Å². The molecular weight excluding hydrogens is 530 g/mol. The number of benzene rings is 1. The molecule has 0 saturated carbocycles. The predicted octanol–water partition coefficient (Wildman–Crippen LogP) is 1.69. The molecule has 6 atom stereocenters. The van der Waals surface area contributed by atoms with E-state index < -0.39 is 69.7 Å². The maximum atomic E-state index is 13.5. The summed E-state index contributed by atoms with van der Waals surface area (Å²) in [7, 11) is -4.21. The first-order valence-corrected chi connectivity index (χ1v) is 15.0. The fourth-order valence-corrected chi connectivity index (χ4v) is 7.11. The van der Waals surface area contributed by atoms with Gasteiger partial charge in [-0.2, -0.15) is 0 Å². The molecule has 220 valence electrons. The van der Waals surface area contributed by atoms with Gasteiger partial charge in [-0.25, -0.2) is 13.2 Å². The monoisotopic (exact) mass is 571 g/mol. The molecular formula is C27H41NO10S. The molecule has 1 aromatic rings. The van der Waals surface area contributed by atoms with Gasteiger partial charge in [0.05, 0.1) is 24.5 Å². The second-order valence-electron chi connectivity index (χ2n) is 10.3. The summed E-state index contributed by atoms with van der Waals surface area (Å²) >= 11 is 0. The molecule has 1 spiro atoms. The van der Waals surface area contributed by atoms with Crippen LogP contribution in [0.5, 0.6) is 0 Å². The zero-order valence-electron chi connectivity index (χ0n) is 22.5. The van der Waals surface area contributed by atoms with Gasteiger partial charge in [0.1, 0.15) is 29.2 Å². The second-order valence-corrected chi connectivity index (χ2v) is 12.1. The second kappa shape index (κ2) is 13.1. The van der Waals surface area contributed by atoms with Crippen molar-refractivity contribution >= 4 is 21.7 Å². The van der Waals surface area contributed by atoms with Crippen molar-refractivity contribution in [2.75, 3.05) is 17.9 Å². The zero-order chi connectivity index (χ0) is 28.8. The summed E-state index contributed by atoms with van der Waals surface area (Å²) in [6.07, 6.45) is 1.22. The Kier molecular flexibility index (Phi) is 10.5. The molecule has 12 heteroatoms. The van der Waals surface area contributed by atoms with Crippen LogP contribution < -0.4 is 4.72 Å². The summed E-state index contributed by atoms with van der Waals surface area (Å²) in [5.41, 5.74) is -0.928. The predicted molar refractivity (Wildman–Crippen MR) is 143 cm³/mol. The third kappa shape index (κ3) is 6.64. The first kappa shape index (κ1) is 31.5. The summed E-state index contributed by atoms with van der Waals surface area (Å²) in [5.74, 6) is -3.27. The number of hydrogen-bond donors (Lipinski definition) is 6. The number of hydrogen-bond acceptors (Lipinski definition) is 9. The molecule has 39 heavy (non-hydrogen) atoms. The summed E-state index contributed by atoms with van der Waals surface area (Å²) in [5, 5.41) is 48.8. The average Bonchev–Trinajstić information content (AvgIpc) is 3.25. The van der Waals surface area contributed by atoms with Gasteiger partial charge in [0, 0.05) is 6.42 Å². The van der Waals surface area contributed by atoms with Crippen LogP contribution in [0.1, 0.15) is 64.4 Å². The highest BCUT2D eigenvalue weighted by atomic mass is 32.2. The molecule has 1 aliphatic heterocycles. The van der Waals surface area contributed by atoms with Crippen LogP contribution >= 0.6 is 0 Å². The number of carboxylic acid groups (broad SMARTS) is 1. The van der Waals surface area contributed by atoms with Crippen LogP contribution in [-0.2, 0) is 30.7 Å². The first-order valence-electron chi connectivity index (χ1n) is 13.5. The summed E-state index contributed by atoms with van der Waals surface area (Å²) in [4.78, 5) is 12.3. The minimum absolute atomic E-state index is 0.0484. The van der Waals surface area contributed by atoms with Gasteiger partial charge >= 0.3 is 5.97 Å². The quantitative estimate of drug-likeness (QED) is 0.180. The zero-order valence-corrected chi connectivity index (χ0v) is 23.3. The number of aliphatic hydroxyl groups excluding tert-OH is 4. The molecule has 3 rings (SSSR count). The van der Waals surface area contributed by atoms with Crippen LogP contribution in [0.2, 0.25) is 0 Å². The van der Waals surface area contributed by atoms with Crippen molar-refractivity contribution in [3.05, 3.63) is 41.5 Å². The number of nitrogens with one attached hydrogen (secondary N) is 1.